The van der Waals surface area contributed by atoms with Crippen LogP contribution in [0.1, 0.15) is 12.8 Å². The first-order valence-corrected chi connectivity index (χ1v) is 3.68. The van der Waals surface area contributed by atoms with Crippen molar-refractivity contribution in [3.05, 3.63) is 0 Å². The average Bonchev–Trinajstić information content (AvgIpc) is 2.05. The van der Waals surface area contributed by atoms with Gasteiger partial charge in [0.2, 0.25) is 0 Å². The van der Waals surface area contributed by atoms with Crippen LogP contribution < -0.4 is 0 Å². The van der Waals surface area contributed by atoms with Crippen molar-refractivity contribution in [1.82, 2.24) is 4.90 Å². The minimum absolute atomic E-state index is 0.125. The summed E-state index contributed by atoms with van der Waals surface area (Å²) in [5, 5.41) is 8.61. The zero-order chi connectivity index (χ0) is 8.27. The van der Waals surface area contributed by atoms with E-state index in [2.05, 4.69) is 5.92 Å². The van der Waals surface area contributed by atoms with Gasteiger partial charge in [0.1, 0.15) is 0 Å². The maximum absolute atomic E-state index is 10.5. The van der Waals surface area contributed by atoms with Gasteiger partial charge >= 0.3 is 6.09 Å². The Morgan fingerprint density at radius 2 is 2.45 bits per heavy atom. The summed E-state index contributed by atoms with van der Waals surface area (Å²) in [4.78, 5) is 11.9. The number of carboxylic acid groups (broad SMARTS) is 1. The molecule has 60 valence electrons. The Labute approximate surface area is 66.0 Å². The van der Waals surface area contributed by atoms with Crippen LogP contribution in [0.3, 0.4) is 0 Å². The number of hydrogen-bond acceptors (Lipinski definition) is 1. The minimum Gasteiger partial charge on any atom is -0.465 e. The third-order valence-corrected chi connectivity index (χ3v) is 1.93. The van der Waals surface area contributed by atoms with Crippen LogP contribution in [0, 0.1) is 18.3 Å². The standard InChI is InChI=1S/C8H11NO2/c1-2-7-4-3-5-9(6-7)8(10)11/h1,7H,3-6H2,(H,10,11). The number of rotatable bonds is 0. The summed E-state index contributed by atoms with van der Waals surface area (Å²) in [6.45, 7) is 1.14. The predicted octanol–water partition coefficient (Wildman–Crippen LogP) is 1.01. The molecule has 1 saturated heterocycles. The molecule has 0 saturated carbocycles. The van der Waals surface area contributed by atoms with Gasteiger partial charge in [-0.15, -0.1) is 12.3 Å². The van der Waals surface area contributed by atoms with Crippen LogP contribution in [0.5, 0.6) is 0 Å². The van der Waals surface area contributed by atoms with Gasteiger partial charge < -0.3 is 10.0 Å². The third-order valence-electron chi connectivity index (χ3n) is 1.93. The Morgan fingerprint density at radius 1 is 1.73 bits per heavy atom. The normalized spacial score (nSPS) is 24.3. The average molecular weight is 153 g/mol. The highest BCUT2D eigenvalue weighted by atomic mass is 16.4. The van der Waals surface area contributed by atoms with Crippen molar-refractivity contribution in [1.29, 1.82) is 0 Å². The molecule has 1 amide bonds. The molecule has 0 aliphatic carbocycles. The molecule has 1 aliphatic rings. The second-order valence-electron chi connectivity index (χ2n) is 2.73. The lowest BCUT2D eigenvalue weighted by molar-refractivity contribution is 0.128. The van der Waals surface area contributed by atoms with E-state index in [-0.39, 0.29) is 5.92 Å². The molecule has 0 aromatic rings. The summed E-state index contributed by atoms with van der Waals surface area (Å²) in [6, 6.07) is 0. The van der Waals surface area contributed by atoms with Crippen molar-refractivity contribution in [3.8, 4) is 12.3 Å². The summed E-state index contributed by atoms with van der Waals surface area (Å²) in [5.41, 5.74) is 0. The monoisotopic (exact) mass is 153 g/mol. The summed E-state index contributed by atoms with van der Waals surface area (Å²) in [5.74, 6) is 2.71. The van der Waals surface area contributed by atoms with Crippen molar-refractivity contribution in [2.75, 3.05) is 13.1 Å². The number of piperidine rings is 1. The van der Waals surface area contributed by atoms with Gasteiger partial charge in [0, 0.05) is 19.0 Å². The van der Waals surface area contributed by atoms with Crippen LogP contribution in [0.15, 0.2) is 0 Å². The molecule has 0 bridgehead atoms. The number of likely N-dealkylation sites (tertiary alicyclic amines) is 1. The van der Waals surface area contributed by atoms with E-state index in [9.17, 15) is 4.79 Å². The summed E-state index contributed by atoms with van der Waals surface area (Å²) < 4.78 is 0. The van der Waals surface area contributed by atoms with Crippen LogP contribution in [0.2, 0.25) is 0 Å². The highest BCUT2D eigenvalue weighted by molar-refractivity contribution is 5.65. The SMILES string of the molecule is C#CC1CCCN(C(=O)O)C1. The lowest BCUT2D eigenvalue weighted by Gasteiger charge is -2.27. The largest absolute Gasteiger partial charge is 0.465 e. The van der Waals surface area contributed by atoms with Gasteiger partial charge in [0.25, 0.3) is 0 Å². The molecule has 0 aromatic carbocycles. The highest BCUT2D eigenvalue weighted by Crippen LogP contribution is 2.14. The topological polar surface area (TPSA) is 40.5 Å². The van der Waals surface area contributed by atoms with Crippen LogP contribution in [-0.2, 0) is 0 Å². The second-order valence-corrected chi connectivity index (χ2v) is 2.73. The van der Waals surface area contributed by atoms with Crippen molar-refractivity contribution < 1.29 is 9.90 Å². The van der Waals surface area contributed by atoms with Gasteiger partial charge in [-0.05, 0) is 12.8 Å². The number of hydrogen-bond donors (Lipinski definition) is 1. The number of amides is 1. The van der Waals surface area contributed by atoms with E-state index in [0.29, 0.717) is 13.1 Å². The molecule has 0 radical (unpaired) electrons. The van der Waals surface area contributed by atoms with E-state index in [0.717, 1.165) is 12.8 Å². The predicted molar refractivity (Wildman–Crippen MR) is 41.2 cm³/mol. The Bertz CT molecular complexity index is 195. The highest BCUT2D eigenvalue weighted by Gasteiger charge is 2.21. The zero-order valence-corrected chi connectivity index (χ0v) is 6.29. The summed E-state index contributed by atoms with van der Waals surface area (Å²) >= 11 is 0. The minimum atomic E-state index is -0.857. The van der Waals surface area contributed by atoms with Gasteiger partial charge in [0.05, 0.1) is 0 Å². The fraction of sp³-hybridized carbons (Fsp3) is 0.625. The van der Waals surface area contributed by atoms with Crippen molar-refractivity contribution in [2.24, 2.45) is 5.92 Å². The van der Waals surface area contributed by atoms with E-state index in [1.807, 2.05) is 0 Å². The van der Waals surface area contributed by atoms with E-state index in [4.69, 9.17) is 11.5 Å². The molecule has 11 heavy (non-hydrogen) atoms. The van der Waals surface area contributed by atoms with E-state index in [1.165, 1.54) is 4.90 Å². The first-order valence-electron chi connectivity index (χ1n) is 3.68. The van der Waals surface area contributed by atoms with Gasteiger partial charge in [-0.1, -0.05) is 0 Å². The molecule has 3 nitrogen and oxygen atoms in total. The molecule has 1 fully saturated rings. The molecule has 1 rings (SSSR count). The van der Waals surface area contributed by atoms with Gasteiger partial charge in [-0.3, -0.25) is 0 Å². The lowest BCUT2D eigenvalue weighted by atomic mass is 10.00. The summed E-state index contributed by atoms with van der Waals surface area (Å²) in [6.07, 6.45) is 6.19. The smallest absolute Gasteiger partial charge is 0.407 e. The molecular weight excluding hydrogens is 142 g/mol. The van der Waals surface area contributed by atoms with Crippen molar-refractivity contribution in [3.63, 3.8) is 0 Å². The van der Waals surface area contributed by atoms with E-state index >= 15 is 0 Å². The Morgan fingerprint density at radius 3 is 3.00 bits per heavy atom. The molecule has 3 heteroatoms. The number of carbonyl (C=O) groups is 1. The Hall–Kier alpha value is -1.17. The van der Waals surface area contributed by atoms with Crippen LogP contribution >= 0.6 is 0 Å². The zero-order valence-electron chi connectivity index (χ0n) is 6.29. The fourth-order valence-electron chi connectivity index (χ4n) is 1.29. The van der Waals surface area contributed by atoms with Crippen LogP contribution in [0.4, 0.5) is 4.79 Å². The first kappa shape index (κ1) is 7.93. The molecule has 1 atom stereocenters. The maximum Gasteiger partial charge on any atom is 0.407 e. The van der Waals surface area contributed by atoms with Crippen LogP contribution in [-0.4, -0.2) is 29.2 Å². The Balaban J connectivity index is 2.47. The maximum atomic E-state index is 10.5. The van der Waals surface area contributed by atoms with Crippen molar-refractivity contribution in [2.45, 2.75) is 12.8 Å². The molecule has 0 aromatic heterocycles. The Kier molecular flexibility index (Phi) is 2.37. The van der Waals surface area contributed by atoms with E-state index < -0.39 is 6.09 Å². The molecule has 1 aliphatic heterocycles. The fourth-order valence-corrected chi connectivity index (χ4v) is 1.29. The molecule has 1 N–H and O–H groups in total. The molecular formula is C8H11NO2. The summed E-state index contributed by atoms with van der Waals surface area (Å²) in [7, 11) is 0. The number of terminal acetylenes is 1. The van der Waals surface area contributed by atoms with Gasteiger partial charge in [0.15, 0.2) is 0 Å². The van der Waals surface area contributed by atoms with Gasteiger partial charge in [-0.2, -0.15) is 0 Å². The van der Waals surface area contributed by atoms with Crippen LogP contribution in [0.25, 0.3) is 0 Å². The quantitative estimate of drug-likeness (QED) is 0.527. The number of nitrogens with zero attached hydrogens (tertiary/aromatic N) is 1. The second kappa shape index (κ2) is 3.29. The first-order chi connectivity index (χ1) is 5.24. The van der Waals surface area contributed by atoms with Crippen molar-refractivity contribution >= 4 is 6.09 Å². The lowest BCUT2D eigenvalue weighted by Crippen LogP contribution is -2.38. The molecule has 0 spiro atoms. The van der Waals surface area contributed by atoms with E-state index in [1.54, 1.807) is 0 Å². The van der Waals surface area contributed by atoms with Gasteiger partial charge in [-0.25, -0.2) is 4.79 Å². The molecule has 1 heterocycles. The third kappa shape index (κ3) is 1.87. The molecule has 1 unspecified atom stereocenters.